The first kappa shape index (κ1) is 24.1. The van der Waals surface area contributed by atoms with E-state index in [1.54, 1.807) is 11.3 Å². The average Bonchev–Trinajstić information content (AvgIpc) is 3.51. The van der Waals surface area contributed by atoms with Crippen molar-refractivity contribution in [1.29, 1.82) is 0 Å². The van der Waals surface area contributed by atoms with Gasteiger partial charge in [0, 0.05) is 18.5 Å². The van der Waals surface area contributed by atoms with Gasteiger partial charge in [-0.25, -0.2) is 0 Å². The first-order valence-corrected chi connectivity index (χ1v) is 11.2. The highest BCUT2D eigenvalue weighted by Gasteiger charge is 2.18. The van der Waals surface area contributed by atoms with Gasteiger partial charge in [0.2, 0.25) is 17.5 Å². The second kappa shape index (κ2) is 11.9. The number of primary amides is 1. The molecule has 176 valence electrons. The molecule has 0 saturated carbocycles. The highest BCUT2D eigenvalue weighted by molar-refractivity contribution is 7.13. The van der Waals surface area contributed by atoms with Crippen molar-refractivity contribution in [2.24, 2.45) is 5.73 Å². The second-order valence-corrected chi connectivity index (χ2v) is 7.97. The fourth-order valence-corrected chi connectivity index (χ4v) is 3.69. The minimum atomic E-state index is -0.636. The highest BCUT2D eigenvalue weighted by atomic mass is 32.1. The van der Waals surface area contributed by atoms with Gasteiger partial charge in [0.15, 0.2) is 18.1 Å². The molecule has 2 heterocycles. The minimum absolute atomic E-state index is 0.207. The van der Waals surface area contributed by atoms with E-state index in [-0.39, 0.29) is 29.8 Å². The number of methoxy groups -OCH3 is 2. The summed E-state index contributed by atoms with van der Waals surface area (Å²) in [7, 11) is 2.86. The molecule has 2 amide bonds. The Morgan fingerprint density at radius 1 is 1.15 bits per heavy atom. The van der Waals surface area contributed by atoms with Crippen molar-refractivity contribution in [3.63, 3.8) is 0 Å². The van der Waals surface area contributed by atoms with E-state index >= 15 is 0 Å². The summed E-state index contributed by atoms with van der Waals surface area (Å²) in [6.07, 6.45) is 3.25. The maximum atomic E-state index is 12.6. The van der Waals surface area contributed by atoms with Gasteiger partial charge in [-0.2, -0.15) is 4.98 Å². The summed E-state index contributed by atoms with van der Waals surface area (Å²) in [5, 5.41) is 8.85. The van der Waals surface area contributed by atoms with Gasteiger partial charge in [0.1, 0.15) is 0 Å². The standard InChI is InChI=1S/C22H26N4O6S/c1-29-15-11-14(12-16(30-2)20(15)31-13-18(23)27)22(28)24-9-5-3-4-8-19-25-21(26-32-19)17-7-6-10-33-17/h6-7,10-12H,3-5,8-9,13H2,1-2H3,(H2,23,27)(H,24,28). The van der Waals surface area contributed by atoms with Crippen molar-refractivity contribution in [2.45, 2.75) is 25.7 Å². The van der Waals surface area contributed by atoms with Gasteiger partial charge >= 0.3 is 0 Å². The first-order valence-electron chi connectivity index (χ1n) is 10.3. The normalized spacial score (nSPS) is 10.6. The molecule has 0 radical (unpaired) electrons. The van der Waals surface area contributed by atoms with Gasteiger partial charge in [0.25, 0.3) is 11.8 Å². The van der Waals surface area contributed by atoms with E-state index in [1.165, 1.54) is 26.4 Å². The summed E-state index contributed by atoms with van der Waals surface area (Å²) in [6.45, 7) is 0.171. The quantitative estimate of drug-likeness (QED) is 0.361. The van der Waals surface area contributed by atoms with Crippen LogP contribution in [-0.4, -0.2) is 49.3 Å². The van der Waals surface area contributed by atoms with Gasteiger partial charge in [-0.1, -0.05) is 17.6 Å². The molecule has 0 saturated heterocycles. The third-order valence-electron chi connectivity index (χ3n) is 4.64. The Bertz CT molecular complexity index is 1040. The molecule has 3 rings (SSSR count). The number of ether oxygens (including phenoxy) is 3. The van der Waals surface area contributed by atoms with Crippen LogP contribution >= 0.6 is 11.3 Å². The van der Waals surface area contributed by atoms with E-state index in [0.29, 0.717) is 30.2 Å². The summed E-state index contributed by atoms with van der Waals surface area (Å²) in [4.78, 5) is 29.0. The van der Waals surface area contributed by atoms with Gasteiger partial charge in [-0.15, -0.1) is 11.3 Å². The molecule has 0 fully saturated rings. The lowest BCUT2D eigenvalue weighted by molar-refractivity contribution is -0.120. The smallest absolute Gasteiger partial charge is 0.255 e. The SMILES string of the molecule is COc1cc(C(=O)NCCCCCc2nc(-c3cccs3)no2)cc(OC)c1OCC(N)=O. The summed E-state index contributed by atoms with van der Waals surface area (Å²) >= 11 is 1.57. The van der Waals surface area contributed by atoms with E-state index in [4.69, 9.17) is 24.5 Å². The Morgan fingerprint density at radius 2 is 1.91 bits per heavy atom. The summed E-state index contributed by atoms with van der Waals surface area (Å²) in [6, 6.07) is 6.95. The van der Waals surface area contributed by atoms with Crippen molar-refractivity contribution >= 4 is 23.2 Å². The van der Waals surface area contributed by atoms with Crippen LogP contribution in [0.2, 0.25) is 0 Å². The van der Waals surface area contributed by atoms with Crippen LogP contribution in [-0.2, 0) is 11.2 Å². The molecule has 10 nitrogen and oxygen atoms in total. The number of amides is 2. The topological polar surface area (TPSA) is 139 Å². The third-order valence-corrected chi connectivity index (χ3v) is 5.51. The number of hydrogen-bond acceptors (Lipinski definition) is 9. The number of hydrogen-bond donors (Lipinski definition) is 2. The number of nitrogens with one attached hydrogen (secondary N) is 1. The molecule has 0 aliphatic rings. The van der Waals surface area contributed by atoms with Crippen molar-refractivity contribution in [1.82, 2.24) is 15.5 Å². The van der Waals surface area contributed by atoms with Crippen LogP contribution in [0.1, 0.15) is 35.5 Å². The third kappa shape index (κ3) is 6.69. The molecule has 11 heteroatoms. The monoisotopic (exact) mass is 474 g/mol. The number of rotatable bonds is 13. The predicted octanol–water partition coefficient (Wildman–Crippen LogP) is 2.82. The Balaban J connectivity index is 1.45. The maximum Gasteiger partial charge on any atom is 0.255 e. The molecular weight excluding hydrogens is 448 g/mol. The summed E-state index contributed by atoms with van der Waals surface area (Å²) in [5.74, 6) is 1.06. The number of nitrogens with two attached hydrogens (primary N) is 1. The molecule has 0 aliphatic heterocycles. The Kier molecular flexibility index (Phi) is 8.64. The number of unbranched alkanes of at least 4 members (excludes halogenated alkanes) is 2. The molecule has 0 atom stereocenters. The zero-order valence-corrected chi connectivity index (χ0v) is 19.3. The fourth-order valence-electron chi connectivity index (χ4n) is 3.04. The van der Waals surface area contributed by atoms with E-state index in [1.807, 2.05) is 17.5 Å². The minimum Gasteiger partial charge on any atom is -0.493 e. The van der Waals surface area contributed by atoms with Crippen molar-refractivity contribution in [3.8, 4) is 28.0 Å². The van der Waals surface area contributed by atoms with Crippen LogP contribution in [0.3, 0.4) is 0 Å². The molecule has 0 bridgehead atoms. The number of carbonyl (C=O) groups excluding carboxylic acids is 2. The van der Waals surface area contributed by atoms with E-state index < -0.39 is 5.91 Å². The molecule has 3 N–H and O–H groups in total. The largest absolute Gasteiger partial charge is 0.493 e. The molecule has 2 aromatic heterocycles. The lowest BCUT2D eigenvalue weighted by Crippen LogP contribution is -2.24. The number of thiophene rings is 1. The van der Waals surface area contributed by atoms with Crippen LogP contribution in [0.4, 0.5) is 0 Å². The van der Waals surface area contributed by atoms with Crippen LogP contribution < -0.4 is 25.3 Å². The van der Waals surface area contributed by atoms with Crippen molar-refractivity contribution < 1.29 is 28.3 Å². The van der Waals surface area contributed by atoms with Crippen molar-refractivity contribution in [2.75, 3.05) is 27.4 Å². The molecule has 0 unspecified atom stereocenters. The average molecular weight is 475 g/mol. The number of aryl methyl sites for hydroxylation is 1. The van der Waals surface area contributed by atoms with E-state index in [9.17, 15) is 9.59 Å². The Hall–Kier alpha value is -3.60. The van der Waals surface area contributed by atoms with Gasteiger partial charge in [-0.05, 0) is 36.4 Å². The molecule has 0 aliphatic carbocycles. The Labute approximate surface area is 195 Å². The number of aromatic nitrogens is 2. The van der Waals surface area contributed by atoms with Crippen LogP contribution in [0.15, 0.2) is 34.2 Å². The Morgan fingerprint density at radius 3 is 2.55 bits per heavy atom. The lowest BCUT2D eigenvalue weighted by Gasteiger charge is -2.15. The van der Waals surface area contributed by atoms with Gasteiger partial charge in [0.05, 0.1) is 19.1 Å². The van der Waals surface area contributed by atoms with Crippen LogP contribution in [0.5, 0.6) is 17.2 Å². The number of benzene rings is 1. The second-order valence-electron chi connectivity index (χ2n) is 7.02. The summed E-state index contributed by atoms with van der Waals surface area (Å²) < 4.78 is 21.2. The lowest BCUT2D eigenvalue weighted by atomic mass is 10.1. The van der Waals surface area contributed by atoms with Gasteiger partial charge in [-0.3, -0.25) is 9.59 Å². The molecule has 1 aromatic carbocycles. The van der Waals surface area contributed by atoms with E-state index in [2.05, 4.69) is 15.5 Å². The molecule has 3 aromatic rings. The number of carbonyl (C=O) groups is 2. The molecule has 33 heavy (non-hydrogen) atoms. The predicted molar refractivity (Wildman–Crippen MR) is 122 cm³/mol. The van der Waals surface area contributed by atoms with Gasteiger partial charge < -0.3 is 29.8 Å². The maximum absolute atomic E-state index is 12.6. The molecular formula is C22H26N4O6S. The zero-order chi connectivity index (χ0) is 23.6. The molecule has 0 spiro atoms. The summed E-state index contributed by atoms with van der Waals surface area (Å²) in [5.41, 5.74) is 5.47. The zero-order valence-electron chi connectivity index (χ0n) is 18.5. The van der Waals surface area contributed by atoms with E-state index in [0.717, 1.165) is 24.1 Å². The fraction of sp³-hybridized carbons (Fsp3) is 0.364. The van der Waals surface area contributed by atoms with Crippen LogP contribution in [0.25, 0.3) is 10.7 Å². The number of nitrogens with zero attached hydrogens (tertiary/aromatic N) is 2. The van der Waals surface area contributed by atoms with Crippen molar-refractivity contribution in [3.05, 3.63) is 41.1 Å². The highest BCUT2D eigenvalue weighted by Crippen LogP contribution is 2.38. The van der Waals surface area contributed by atoms with Crippen LogP contribution in [0, 0.1) is 0 Å². The first-order chi connectivity index (χ1) is 16.0.